The van der Waals surface area contributed by atoms with Crippen LogP contribution >= 0.6 is 31.9 Å². The Morgan fingerprint density at radius 2 is 1.95 bits per heavy atom. The van der Waals surface area contributed by atoms with Crippen molar-refractivity contribution in [2.75, 3.05) is 16.8 Å². The monoisotopic (exact) mass is 387 g/mol. The Morgan fingerprint density at radius 1 is 1.26 bits per heavy atom. The van der Waals surface area contributed by atoms with E-state index in [0.29, 0.717) is 28.4 Å². The molecule has 1 atom stereocenters. The number of hydrogen-bond acceptors (Lipinski definition) is 2. The first-order chi connectivity index (χ1) is 8.97. The van der Waals surface area contributed by atoms with Crippen LogP contribution in [-0.2, 0) is 4.79 Å². The van der Waals surface area contributed by atoms with Crippen LogP contribution in [0.4, 0.5) is 5.69 Å². The molecule has 19 heavy (non-hydrogen) atoms. The maximum absolute atomic E-state index is 12.1. The predicted molar refractivity (Wildman–Crippen MR) is 82.9 cm³/mol. The third-order valence-electron chi connectivity index (χ3n) is 3.51. The Hall–Kier alpha value is -0.680. The van der Waals surface area contributed by atoms with Gasteiger partial charge in [-0.3, -0.25) is 9.59 Å². The molecule has 1 aliphatic heterocycles. The molecule has 1 aromatic carbocycles. The first-order valence-corrected chi connectivity index (χ1v) is 8.09. The summed E-state index contributed by atoms with van der Waals surface area (Å²) in [6.07, 6.45) is 0. The van der Waals surface area contributed by atoms with Crippen LogP contribution in [0.1, 0.15) is 24.2 Å². The highest BCUT2D eigenvalue weighted by atomic mass is 79.9. The van der Waals surface area contributed by atoms with Crippen LogP contribution in [-0.4, -0.2) is 23.6 Å². The van der Waals surface area contributed by atoms with E-state index in [1.807, 2.05) is 12.1 Å². The zero-order valence-electron chi connectivity index (χ0n) is 10.8. The molecule has 1 aliphatic rings. The van der Waals surface area contributed by atoms with Crippen molar-refractivity contribution < 1.29 is 9.59 Å². The second-order valence-corrected chi connectivity index (χ2v) is 6.54. The van der Waals surface area contributed by atoms with Crippen LogP contribution in [0.15, 0.2) is 22.7 Å². The molecule has 1 unspecified atom stereocenters. The van der Waals surface area contributed by atoms with E-state index in [2.05, 4.69) is 45.7 Å². The molecule has 0 aliphatic carbocycles. The SMILES string of the molecule is CC(C)C(CBr)CN1C(=O)C(=O)c2c(Br)cccc21. The van der Waals surface area contributed by atoms with Gasteiger partial charge in [0.25, 0.3) is 11.7 Å². The quantitative estimate of drug-likeness (QED) is 0.583. The minimum absolute atomic E-state index is 0.321. The predicted octanol–water partition coefficient (Wildman–Crippen LogP) is 3.65. The zero-order valence-corrected chi connectivity index (χ0v) is 14.0. The lowest BCUT2D eigenvalue weighted by Gasteiger charge is -2.25. The summed E-state index contributed by atoms with van der Waals surface area (Å²) in [5.74, 6) is -0.0757. The molecule has 0 bridgehead atoms. The molecular weight excluding hydrogens is 374 g/mol. The molecule has 1 aromatic rings. The fourth-order valence-corrected chi connectivity index (χ4v) is 3.64. The summed E-state index contributed by atoms with van der Waals surface area (Å²) in [5, 5.41) is 0.811. The first-order valence-electron chi connectivity index (χ1n) is 6.18. The minimum atomic E-state index is -0.423. The fourth-order valence-electron chi connectivity index (χ4n) is 2.15. The van der Waals surface area contributed by atoms with E-state index < -0.39 is 11.7 Å². The van der Waals surface area contributed by atoms with Gasteiger partial charge in [0.1, 0.15) is 0 Å². The molecular formula is C14H15Br2NO2. The van der Waals surface area contributed by atoms with Crippen LogP contribution in [0, 0.1) is 11.8 Å². The number of carbonyl (C=O) groups excluding carboxylic acids is 2. The smallest absolute Gasteiger partial charge is 0.299 e. The van der Waals surface area contributed by atoms with Crippen molar-refractivity contribution in [3.05, 3.63) is 28.2 Å². The number of benzene rings is 1. The largest absolute Gasteiger partial charge is 0.304 e. The number of fused-ring (bicyclic) bond motifs is 1. The Labute approximate surface area is 129 Å². The number of Topliss-reactive ketones (excluding diaryl/α,β-unsaturated/α-hetero) is 1. The molecule has 1 amide bonds. The lowest BCUT2D eigenvalue weighted by atomic mass is 9.97. The standard InChI is InChI=1S/C14H15Br2NO2/c1-8(2)9(6-15)7-17-11-5-3-4-10(16)12(11)13(18)14(17)19/h3-5,8-9H,6-7H2,1-2H3. The van der Waals surface area contributed by atoms with Crippen LogP contribution in [0.5, 0.6) is 0 Å². The van der Waals surface area contributed by atoms with Gasteiger partial charge in [-0.1, -0.05) is 35.8 Å². The summed E-state index contributed by atoms with van der Waals surface area (Å²) in [5.41, 5.74) is 1.21. The molecule has 0 saturated carbocycles. The van der Waals surface area contributed by atoms with Crippen molar-refractivity contribution in [2.24, 2.45) is 11.8 Å². The van der Waals surface area contributed by atoms with Gasteiger partial charge < -0.3 is 4.90 Å². The molecule has 102 valence electrons. The third kappa shape index (κ3) is 2.63. The van der Waals surface area contributed by atoms with Crippen molar-refractivity contribution in [2.45, 2.75) is 13.8 Å². The lowest BCUT2D eigenvalue weighted by molar-refractivity contribution is -0.114. The number of ketones is 1. The Kier molecular flexibility index (Phi) is 4.46. The summed E-state index contributed by atoms with van der Waals surface area (Å²) in [7, 11) is 0. The molecule has 0 radical (unpaired) electrons. The maximum atomic E-state index is 12.1. The topological polar surface area (TPSA) is 37.4 Å². The highest BCUT2D eigenvalue weighted by Crippen LogP contribution is 2.35. The summed E-state index contributed by atoms with van der Waals surface area (Å²) in [4.78, 5) is 25.8. The third-order valence-corrected chi connectivity index (χ3v) is 5.00. The van der Waals surface area contributed by atoms with E-state index in [1.54, 1.807) is 11.0 Å². The lowest BCUT2D eigenvalue weighted by Crippen LogP contribution is -2.36. The zero-order chi connectivity index (χ0) is 14.2. The molecule has 0 N–H and O–H groups in total. The maximum Gasteiger partial charge on any atom is 0.299 e. The number of hydrogen-bond donors (Lipinski definition) is 0. The molecule has 0 aromatic heterocycles. The molecule has 3 nitrogen and oxygen atoms in total. The van der Waals surface area contributed by atoms with Gasteiger partial charge in [-0.05, 0) is 39.9 Å². The highest BCUT2D eigenvalue weighted by molar-refractivity contribution is 9.10. The molecule has 0 fully saturated rings. The van der Waals surface area contributed by atoms with E-state index in [1.165, 1.54) is 0 Å². The molecule has 0 saturated heterocycles. The summed E-state index contributed by atoms with van der Waals surface area (Å²) >= 11 is 6.83. The van der Waals surface area contributed by atoms with Crippen LogP contribution < -0.4 is 4.90 Å². The van der Waals surface area contributed by atoms with Gasteiger partial charge in [-0.2, -0.15) is 0 Å². The van der Waals surface area contributed by atoms with Crippen molar-refractivity contribution in [1.82, 2.24) is 0 Å². The van der Waals surface area contributed by atoms with Crippen molar-refractivity contribution in [1.29, 1.82) is 0 Å². The second kappa shape index (κ2) is 5.75. The minimum Gasteiger partial charge on any atom is -0.304 e. The number of alkyl halides is 1. The van der Waals surface area contributed by atoms with Crippen molar-refractivity contribution in [3.8, 4) is 0 Å². The van der Waals surface area contributed by atoms with Crippen LogP contribution in [0.25, 0.3) is 0 Å². The summed E-state index contributed by atoms with van der Waals surface area (Å²) in [6.45, 7) is 4.81. The number of nitrogens with zero attached hydrogens (tertiary/aromatic N) is 1. The Balaban J connectivity index is 2.36. The number of rotatable bonds is 4. The van der Waals surface area contributed by atoms with Gasteiger partial charge in [-0.15, -0.1) is 0 Å². The van der Waals surface area contributed by atoms with E-state index in [9.17, 15) is 9.59 Å². The van der Waals surface area contributed by atoms with Gasteiger partial charge in [-0.25, -0.2) is 0 Å². The molecule has 1 heterocycles. The fraction of sp³-hybridized carbons (Fsp3) is 0.429. The summed E-state index contributed by atoms with van der Waals surface area (Å²) in [6, 6.07) is 5.47. The van der Waals surface area contributed by atoms with Gasteiger partial charge >= 0.3 is 0 Å². The number of amides is 1. The van der Waals surface area contributed by atoms with Crippen molar-refractivity contribution in [3.63, 3.8) is 0 Å². The first kappa shape index (κ1) is 14.7. The molecule has 5 heteroatoms. The van der Waals surface area contributed by atoms with Gasteiger partial charge in [0.05, 0.1) is 11.3 Å². The van der Waals surface area contributed by atoms with Crippen LogP contribution in [0.3, 0.4) is 0 Å². The Morgan fingerprint density at radius 3 is 2.53 bits per heavy atom. The normalized spacial score (nSPS) is 16.2. The van der Waals surface area contributed by atoms with Gasteiger partial charge in [0, 0.05) is 16.3 Å². The van der Waals surface area contributed by atoms with Gasteiger partial charge in [0.2, 0.25) is 0 Å². The van der Waals surface area contributed by atoms with E-state index in [-0.39, 0.29) is 0 Å². The van der Waals surface area contributed by atoms with E-state index in [4.69, 9.17) is 0 Å². The average Bonchev–Trinajstić information content (AvgIpc) is 2.60. The number of halogens is 2. The average molecular weight is 389 g/mol. The molecule has 0 spiro atoms. The Bertz CT molecular complexity index is 528. The van der Waals surface area contributed by atoms with Gasteiger partial charge in [0.15, 0.2) is 0 Å². The highest BCUT2D eigenvalue weighted by Gasteiger charge is 2.38. The second-order valence-electron chi connectivity index (χ2n) is 5.04. The van der Waals surface area contributed by atoms with Crippen molar-refractivity contribution >= 4 is 49.2 Å². The number of anilines is 1. The number of carbonyl (C=O) groups is 2. The van der Waals surface area contributed by atoms with Crippen LogP contribution in [0.2, 0.25) is 0 Å². The van der Waals surface area contributed by atoms with E-state index >= 15 is 0 Å². The summed E-state index contributed by atoms with van der Waals surface area (Å²) < 4.78 is 0.686. The molecule has 2 rings (SSSR count). The van der Waals surface area contributed by atoms with E-state index in [0.717, 1.165) is 11.0 Å².